The number of carbonyl (C=O) groups is 3. The number of halogens is 3. The van der Waals surface area contributed by atoms with Crippen LogP contribution in [0.4, 0.5) is 30.9 Å². The second-order valence-electron chi connectivity index (χ2n) is 4.42. The first-order valence-corrected chi connectivity index (χ1v) is 9.11. The molecule has 0 aliphatic rings. The number of hydrogen-bond acceptors (Lipinski definition) is 12. The molecule has 0 saturated heterocycles. The van der Waals surface area contributed by atoms with E-state index in [1.165, 1.54) is 0 Å². The summed E-state index contributed by atoms with van der Waals surface area (Å²) in [6.45, 7) is 0. The topological polar surface area (TPSA) is 138 Å². The van der Waals surface area contributed by atoms with Crippen LogP contribution in [-0.2, 0) is 14.4 Å². The summed E-state index contributed by atoms with van der Waals surface area (Å²) in [6.07, 6.45) is 0. The Kier molecular flexibility index (Phi) is 5.80. The summed E-state index contributed by atoms with van der Waals surface area (Å²) in [4.78, 5) is 37.0. The van der Waals surface area contributed by atoms with Gasteiger partial charge in [-0.2, -0.15) is 0 Å². The van der Waals surface area contributed by atoms with Gasteiger partial charge in [-0.15, -0.1) is 30.7 Å². The van der Waals surface area contributed by atoms with Gasteiger partial charge in [0.25, 0.3) is 17.7 Å². The highest BCUT2D eigenvalue weighted by molar-refractivity contribution is 7.04. The number of rotatable bonds is 6. The Labute approximate surface area is 164 Å². The minimum atomic E-state index is -1.99. The molecule has 145 valence electrons. The van der Waals surface area contributed by atoms with Crippen molar-refractivity contribution in [3.63, 3.8) is 0 Å². The lowest BCUT2D eigenvalue weighted by Crippen LogP contribution is -2.47. The highest BCUT2D eigenvalue weighted by atomic mass is 32.1. The van der Waals surface area contributed by atoms with Crippen molar-refractivity contribution in [3.05, 3.63) is 22.1 Å². The molecule has 3 amide bonds. The first kappa shape index (κ1) is 19.6. The van der Waals surface area contributed by atoms with E-state index < -0.39 is 56.5 Å². The second-order valence-corrected chi connectivity index (χ2v) is 6.25. The molecule has 3 rings (SSSR count). The molecule has 28 heavy (non-hydrogen) atoms. The van der Waals surface area contributed by atoms with E-state index in [9.17, 15) is 27.8 Å². The van der Waals surface area contributed by atoms with Gasteiger partial charge in [0.15, 0.2) is 0 Å². The maximum Gasteiger partial charge on any atom is 0.284 e. The summed E-state index contributed by atoms with van der Waals surface area (Å²) in [7, 11) is 0. The van der Waals surface area contributed by atoms with Gasteiger partial charge < -0.3 is 0 Å². The van der Waals surface area contributed by atoms with Crippen LogP contribution in [0.5, 0.6) is 0 Å². The molecule has 0 aliphatic carbocycles. The van der Waals surface area contributed by atoms with Crippen LogP contribution in [0.2, 0.25) is 0 Å². The summed E-state index contributed by atoms with van der Waals surface area (Å²) >= 11 is 1.94. The van der Waals surface area contributed by atoms with Gasteiger partial charge in [-0.3, -0.25) is 14.4 Å². The van der Waals surface area contributed by atoms with Crippen LogP contribution in [0.1, 0.15) is 0 Å². The Morgan fingerprint density at radius 1 is 0.643 bits per heavy atom. The lowest BCUT2D eigenvalue weighted by molar-refractivity contribution is -0.133. The molecule has 0 aliphatic heterocycles. The Hall–Kier alpha value is -3.12. The van der Waals surface area contributed by atoms with Crippen LogP contribution in [0.3, 0.4) is 0 Å². The zero-order valence-electron chi connectivity index (χ0n) is 12.8. The van der Waals surface area contributed by atoms with Gasteiger partial charge in [0.05, 0.1) is 16.1 Å². The van der Waals surface area contributed by atoms with Crippen LogP contribution in [0.25, 0.3) is 0 Å². The van der Waals surface area contributed by atoms with Gasteiger partial charge in [0.2, 0.25) is 23.4 Å². The lowest BCUT2D eigenvalue weighted by atomic mass is 10.1. The number of carbonyl (C=O) groups excluding carboxylic acids is 3. The zero-order chi connectivity index (χ0) is 20.3. The van der Waals surface area contributed by atoms with E-state index in [0.717, 1.165) is 16.1 Å². The lowest BCUT2D eigenvalue weighted by Gasteiger charge is -2.19. The van der Waals surface area contributed by atoms with E-state index in [-0.39, 0.29) is 0 Å². The predicted molar refractivity (Wildman–Crippen MR) is 88.8 cm³/mol. The Balaban J connectivity index is 1.94. The zero-order valence-corrected chi connectivity index (χ0v) is 15.3. The Morgan fingerprint density at radius 2 is 0.929 bits per heavy atom. The molecular formula is C10H3F3N9O3S3. The van der Waals surface area contributed by atoms with Crippen LogP contribution in [0.15, 0.2) is 16.1 Å². The minimum absolute atomic E-state index is 0.646. The molecule has 0 bridgehead atoms. The normalized spacial score (nSPS) is 10.7. The van der Waals surface area contributed by atoms with Crippen LogP contribution >= 0.6 is 34.6 Å². The summed E-state index contributed by atoms with van der Waals surface area (Å²) in [5.41, 5.74) is 0. The van der Waals surface area contributed by atoms with Crippen LogP contribution < -0.4 is 15.4 Å². The van der Waals surface area contributed by atoms with Crippen LogP contribution in [0, 0.1) is 5.92 Å². The molecule has 0 unspecified atom stereocenters. The summed E-state index contributed by atoms with van der Waals surface area (Å²) < 4.78 is 52.7. The van der Waals surface area contributed by atoms with Gasteiger partial charge in [-0.1, -0.05) is 26.9 Å². The highest BCUT2D eigenvalue weighted by Gasteiger charge is 2.47. The molecule has 18 heteroatoms. The third-order valence-corrected chi connectivity index (χ3v) is 4.30. The maximum absolute atomic E-state index is 14.3. The average molecular weight is 450 g/mol. The van der Waals surface area contributed by atoms with Gasteiger partial charge in [0, 0.05) is 0 Å². The fraction of sp³-hybridized carbons (Fsp3) is 0. The largest absolute Gasteiger partial charge is 0.284 e. The Bertz CT molecular complexity index is 831. The van der Waals surface area contributed by atoms with Crippen molar-refractivity contribution in [1.82, 2.24) is 28.8 Å². The fourth-order valence-corrected chi connectivity index (χ4v) is 2.85. The number of hydrogen-bond donors (Lipinski definition) is 0. The summed E-state index contributed by atoms with van der Waals surface area (Å²) in [5, 5.41) is 10.3. The maximum atomic E-state index is 14.3. The van der Waals surface area contributed by atoms with Gasteiger partial charge in [-0.25, -0.2) is 0 Å². The average Bonchev–Trinajstić information content (AvgIpc) is 3.47. The highest BCUT2D eigenvalue weighted by Crippen LogP contribution is 2.25. The molecule has 12 nitrogen and oxygen atoms in total. The van der Waals surface area contributed by atoms with Crippen molar-refractivity contribution >= 4 is 69.8 Å². The molecule has 3 aromatic rings. The monoisotopic (exact) mass is 450 g/mol. The van der Waals surface area contributed by atoms with Crippen molar-refractivity contribution in [2.75, 3.05) is 15.4 Å². The van der Waals surface area contributed by atoms with E-state index in [0.29, 0.717) is 34.6 Å². The van der Waals surface area contributed by atoms with E-state index in [4.69, 9.17) is 0 Å². The first-order chi connectivity index (χ1) is 13.4. The minimum Gasteiger partial charge on any atom is -0.270 e. The molecule has 0 saturated carbocycles. The number of nitrogens with zero attached hydrogens (tertiary/aromatic N) is 9. The van der Waals surface area contributed by atoms with Crippen molar-refractivity contribution < 1.29 is 27.8 Å². The van der Waals surface area contributed by atoms with Gasteiger partial charge in [-0.05, 0) is 34.6 Å². The quantitative estimate of drug-likeness (QED) is 0.395. The summed E-state index contributed by atoms with van der Waals surface area (Å²) in [6, 6.07) is 0. The molecule has 1 radical (unpaired) electrons. The SMILES string of the molecule is O=C([C](C(=O)N(F)c1csnn1)C(=O)N(F)c1csnn1)N(F)c1csnn1. The van der Waals surface area contributed by atoms with Gasteiger partial charge >= 0.3 is 0 Å². The van der Waals surface area contributed by atoms with Crippen molar-refractivity contribution in [3.8, 4) is 0 Å². The van der Waals surface area contributed by atoms with Crippen molar-refractivity contribution in [2.24, 2.45) is 0 Å². The number of anilines is 3. The van der Waals surface area contributed by atoms with E-state index in [1.54, 1.807) is 0 Å². The Morgan fingerprint density at radius 3 is 1.14 bits per heavy atom. The number of aromatic nitrogens is 6. The fourth-order valence-electron chi connectivity index (χ4n) is 1.62. The van der Waals surface area contributed by atoms with E-state index in [2.05, 4.69) is 28.8 Å². The molecule has 3 aromatic heterocycles. The van der Waals surface area contributed by atoms with Crippen molar-refractivity contribution in [2.45, 2.75) is 0 Å². The standard InChI is InChI=1S/C10H3F3N9O3S3/c11-20(4-1-26-17-14-4)8(23)7(9(24)21(12)5-2-27-18-15-5)10(25)22(13)6-3-28-19-16-6/h1-3H. The molecule has 0 spiro atoms. The molecule has 0 aromatic carbocycles. The molecule has 0 N–H and O–H groups in total. The molecular weight excluding hydrogens is 447 g/mol. The third kappa shape index (κ3) is 3.77. The predicted octanol–water partition coefficient (Wildman–Crippen LogP) is 0.868. The first-order valence-electron chi connectivity index (χ1n) is 6.60. The third-order valence-electron chi connectivity index (χ3n) is 2.83. The molecule has 0 fully saturated rings. The van der Waals surface area contributed by atoms with Gasteiger partial charge in [0.1, 0.15) is 0 Å². The number of amides is 3. The summed E-state index contributed by atoms with van der Waals surface area (Å²) in [5.74, 6) is -9.79. The molecule has 3 heterocycles. The van der Waals surface area contributed by atoms with E-state index >= 15 is 0 Å². The smallest absolute Gasteiger partial charge is 0.270 e. The van der Waals surface area contributed by atoms with Crippen LogP contribution in [-0.4, -0.2) is 46.5 Å². The second kappa shape index (κ2) is 8.27. The van der Waals surface area contributed by atoms with E-state index in [1.807, 2.05) is 0 Å². The molecule has 0 atom stereocenters. The van der Waals surface area contributed by atoms with Crippen molar-refractivity contribution in [1.29, 1.82) is 0 Å².